The third kappa shape index (κ3) is 6.30. The Morgan fingerprint density at radius 2 is 1.66 bits per heavy atom. The van der Waals surface area contributed by atoms with Gasteiger partial charge in [-0.15, -0.1) is 0 Å². The first-order chi connectivity index (χ1) is 14.0. The van der Waals surface area contributed by atoms with Gasteiger partial charge in [-0.2, -0.15) is 5.10 Å². The maximum absolute atomic E-state index is 12.0. The quantitative estimate of drug-likeness (QED) is 0.398. The highest BCUT2D eigenvalue weighted by atomic mass is 16.2. The lowest BCUT2D eigenvalue weighted by atomic mass is 10.2. The van der Waals surface area contributed by atoms with Crippen molar-refractivity contribution in [2.75, 3.05) is 5.32 Å². The number of hydrazone groups is 1. The summed E-state index contributed by atoms with van der Waals surface area (Å²) in [6.45, 7) is 3.96. The molecule has 0 fully saturated rings. The molecule has 0 spiro atoms. The normalized spacial score (nSPS) is 14.9. The monoisotopic (exact) mass is 402 g/mol. The molecule has 2 rings (SSSR count). The molecule has 10 nitrogen and oxygen atoms in total. The minimum absolute atomic E-state index is 0.136. The van der Waals surface area contributed by atoms with Crippen molar-refractivity contribution in [3.63, 3.8) is 0 Å². The Hall–Kier alpha value is -3.43. The number of rotatable bonds is 9. The second-order valence-corrected chi connectivity index (χ2v) is 6.51. The summed E-state index contributed by atoms with van der Waals surface area (Å²) in [5.74, 6) is -0.498. The van der Waals surface area contributed by atoms with Crippen LogP contribution in [0, 0.1) is 0 Å². The van der Waals surface area contributed by atoms with Gasteiger partial charge in [-0.3, -0.25) is 29.4 Å². The van der Waals surface area contributed by atoms with Crippen LogP contribution in [0.1, 0.15) is 57.9 Å². The molecule has 5 N–H and O–H groups in total. The number of carbonyl (C=O) groups is 3. The second-order valence-electron chi connectivity index (χ2n) is 6.51. The Bertz CT molecular complexity index is 906. The Kier molecular flexibility index (Phi) is 8.13. The van der Waals surface area contributed by atoms with Gasteiger partial charge in [0, 0.05) is 12.8 Å². The number of hydrogen-bond donors (Lipinski definition) is 5. The highest BCUT2D eigenvalue weighted by Gasteiger charge is 2.23. The molecular weight excluding hydrogens is 376 g/mol. The van der Waals surface area contributed by atoms with Crippen LogP contribution in [0.2, 0.25) is 0 Å². The fourth-order valence-corrected chi connectivity index (χ4v) is 2.52. The van der Waals surface area contributed by atoms with Crippen LogP contribution in [-0.2, 0) is 14.4 Å². The van der Waals surface area contributed by atoms with Crippen molar-refractivity contribution in [1.29, 1.82) is 0 Å². The number of carbonyl (C=O) groups excluding carboxylic acids is 3. The predicted molar refractivity (Wildman–Crippen MR) is 110 cm³/mol. The third-order valence-electron chi connectivity index (χ3n) is 4.15. The van der Waals surface area contributed by atoms with E-state index in [1.165, 1.54) is 18.2 Å². The number of H-pyrrole nitrogens is 2. The summed E-state index contributed by atoms with van der Waals surface area (Å²) in [6, 6.07) is 0. The van der Waals surface area contributed by atoms with Gasteiger partial charge in [0.15, 0.2) is 5.84 Å². The molecule has 1 aliphatic heterocycles. The molecule has 1 aromatic rings. The standard InChI is InChI=1S/C19H26N6O4/c1-3-5-10-14(26)20-16-12(18(28)24-22-16)8-7-9-13-17(23-25-19(13)29)21-15(27)11-6-4-2/h7-9H,3-6,10-11H2,1-2H3,(H,24,28)(H,20,22,26)(H3,21,23,25,27,29)/b9-7?,12-8-. The summed E-state index contributed by atoms with van der Waals surface area (Å²) in [7, 11) is 0. The lowest BCUT2D eigenvalue weighted by Crippen LogP contribution is -2.31. The largest absolute Gasteiger partial charge is 0.311 e. The fourth-order valence-electron chi connectivity index (χ4n) is 2.52. The molecule has 3 amide bonds. The first-order valence-electron chi connectivity index (χ1n) is 9.63. The summed E-state index contributed by atoms with van der Waals surface area (Å²) in [4.78, 5) is 47.7. The number of unbranched alkanes of at least 4 members (excludes halogenated alkanes) is 2. The van der Waals surface area contributed by atoms with E-state index in [4.69, 9.17) is 0 Å². The van der Waals surface area contributed by atoms with E-state index in [9.17, 15) is 19.2 Å². The van der Waals surface area contributed by atoms with Gasteiger partial charge in [0.25, 0.3) is 11.5 Å². The van der Waals surface area contributed by atoms with Crippen LogP contribution in [0.4, 0.5) is 5.82 Å². The lowest BCUT2D eigenvalue weighted by Gasteiger charge is -2.03. The van der Waals surface area contributed by atoms with Crippen molar-refractivity contribution in [2.45, 2.75) is 52.4 Å². The molecule has 0 saturated carbocycles. The van der Waals surface area contributed by atoms with E-state index in [1.807, 2.05) is 13.8 Å². The molecule has 0 unspecified atom stereocenters. The molecule has 0 bridgehead atoms. The van der Waals surface area contributed by atoms with Crippen LogP contribution in [0.15, 0.2) is 27.6 Å². The van der Waals surface area contributed by atoms with Gasteiger partial charge in [0.05, 0.1) is 11.1 Å². The van der Waals surface area contributed by atoms with Gasteiger partial charge < -0.3 is 10.6 Å². The van der Waals surface area contributed by atoms with Crippen molar-refractivity contribution in [3.05, 3.63) is 33.6 Å². The van der Waals surface area contributed by atoms with Crippen LogP contribution in [0.25, 0.3) is 6.08 Å². The van der Waals surface area contributed by atoms with Gasteiger partial charge in [-0.25, -0.2) is 5.43 Å². The number of anilines is 1. The van der Waals surface area contributed by atoms with Crippen molar-refractivity contribution in [1.82, 2.24) is 20.9 Å². The minimum Gasteiger partial charge on any atom is -0.311 e. The number of aromatic amines is 2. The molecule has 0 radical (unpaired) electrons. The van der Waals surface area contributed by atoms with Crippen molar-refractivity contribution in [2.24, 2.45) is 5.10 Å². The van der Waals surface area contributed by atoms with Gasteiger partial charge in [0.2, 0.25) is 11.8 Å². The maximum Gasteiger partial charge on any atom is 0.275 e. The van der Waals surface area contributed by atoms with Gasteiger partial charge in [-0.1, -0.05) is 32.8 Å². The smallest absolute Gasteiger partial charge is 0.275 e. The Morgan fingerprint density at radius 1 is 1.00 bits per heavy atom. The highest BCUT2D eigenvalue weighted by Crippen LogP contribution is 2.11. The fraction of sp³-hybridized carbons (Fsp3) is 0.421. The lowest BCUT2D eigenvalue weighted by molar-refractivity contribution is -0.120. The number of nitrogens with one attached hydrogen (secondary N) is 5. The number of nitrogens with zero attached hydrogens (tertiary/aromatic N) is 1. The minimum atomic E-state index is -0.462. The van der Waals surface area contributed by atoms with Gasteiger partial charge >= 0.3 is 0 Å². The third-order valence-corrected chi connectivity index (χ3v) is 4.15. The molecule has 10 heteroatoms. The molecule has 1 aliphatic rings. The molecule has 2 heterocycles. The van der Waals surface area contributed by atoms with Crippen molar-refractivity contribution < 1.29 is 14.4 Å². The highest BCUT2D eigenvalue weighted by molar-refractivity contribution is 6.26. The number of amides is 3. The summed E-state index contributed by atoms with van der Waals surface area (Å²) >= 11 is 0. The molecule has 156 valence electrons. The molecule has 1 aromatic heterocycles. The van der Waals surface area contributed by atoms with E-state index < -0.39 is 11.5 Å². The summed E-state index contributed by atoms with van der Waals surface area (Å²) in [5, 5.41) is 14.1. The van der Waals surface area contributed by atoms with Crippen molar-refractivity contribution >= 4 is 35.5 Å². The average Bonchev–Trinajstić information content (AvgIpc) is 3.21. The van der Waals surface area contributed by atoms with E-state index in [0.717, 1.165) is 25.7 Å². The molecule has 29 heavy (non-hydrogen) atoms. The molecule has 0 atom stereocenters. The van der Waals surface area contributed by atoms with E-state index >= 15 is 0 Å². The van der Waals surface area contributed by atoms with E-state index in [1.54, 1.807) is 0 Å². The van der Waals surface area contributed by atoms with Crippen LogP contribution in [0.3, 0.4) is 0 Å². The zero-order valence-corrected chi connectivity index (χ0v) is 16.6. The molecule has 0 aromatic carbocycles. The number of aromatic nitrogens is 2. The SMILES string of the molecule is CCCCC(=O)NC1=NNC(=O)/C1=C\C=Cc1c(NC(=O)CCCC)[nH][nH]c1=O. The number of hydrogen-bond acceptors (Lipinski definition) is 5. The average molecular weight is 402 g/mol. The zero-order valence-electron chi connectivity index (χ0n) is 16.6. The summed E-state index contributed by atoms with van der Waals surface area (Å²) in [5.41, 5.74) is 2.27. The summed E-state index contributed by atoms with van der Waals surface area (Å²) in [6.07, 6.45) is 8.33. The van der Waals surface area contributed by atoms with Gasteiger partial charge in [0.1, 0.15) is 5.82 Å². The number of amidine groups is 1. The second kappa shape index (κ2) is 10.8. The summed E-state index contributed by atoms with van der Waals surface area (Å²) < 4.78 is 0. The van der Waals surface area contributed by atoms with E-state index in [0.29, 0.717) is 12.8 Å². The topological polar surface area (TPSA) is 148 Å². The molecular formula is C19H26N6O4. The number of allylic oxidation sites excluding steroid dienone is 2. The van der Waals surface area contributed by atoms with Crippen LogP contribution in [-0.4, -0.2) is 33.8 Å². The van der Waals surface area contributed by atoms with E-state index in [-0.39, 0.29) is 34.6 Å². The predicted octanol–water partition coefficient (Wildman–Crippen LogP) is 1.52. The van der Waals surface area contributed by atoms with Crippen LogP contribution in [0.5, 0.6) is 0 Å². The van der Waals surface area contributed by atoms with Crippen LogP contribution >= 0.6 is 0 Å². The van der Waals surface area contributed by atoms with Crippen molar-refractivity contribution in [3.8, 4) is 0 Å². The zero-order chi connectivity index (χ0) is 21.2. The molecule has 0 aliphatic carbocycles. The Balaban J connectivity index is 2.10. The molecule has 0 saturated heterocycles. The maximum atomic E-state index is 12.0. The first-order valence-corrected chi connectivity index (χ1v) is 9.63. The van der Waals surface area contributed by atoms with Gasteiger partial charge in [-0.05, 0) is 25.0 Å². The van der Waals surface area contributed by atoms with Crippen LogP contribution < -0.4 is 21.6 Å². The van der Waals surface area contributed by atoms with E-state index in [2.05, 4.69) is 31.4 Å². The Labute approximate surface area is 167 Å². The first kappa shape index (κ1) is 21.9. The Morgan fingerprint density at radius 3 is 2.31 bits per heavy atom.